The lowest BCUT2D eigenvalue weighted by atomic mass is 10.1. The summed E-state index contributed by atoms with van der Waals surface area (Å²) in [6, 6.07) is 6.01. The van der Waals surface area contributed by atoms with Crippen LogP contribution in [0.3, 0.4) is 0 Å². The summed E-state index contributed by atoms with van der Waals surface area (Å²) in [5.41, 5.74) is 3.96. The number of hydrogen-bond donors (Lipinski definition) is 2. The molecular formula is C9H8N2O3. The van der Waals surface area contributed by atoms with Crippen molar-refractivity contribution in [2.24, 2.45) is 0 Å². The lowest BCUT2D eigenvalue weighted by molar-refractivity contribution is -0.145. The number of aliphatic carboxylic acids is 1. The molecule has 5 nitrogen and oxygen atoms in total. The number of para-hydroxylation sites is 1. The number of amides is 1. The Labute approximate surface area is 79.9 Å². The van der Waals surface area contributed by atoms with E-state index in [1.165, 1.54) is 0 Å². The molecule has 1 amide bonds. The summed E-state index contributed by atoms with van der Waals surface area (Å²) < 4.78 is 0. The van der Waals surface area contributed by atoms with Crippen LogP contribution >= 0.6 is 0 Å². The molecule has 0 saturated carbocycles. The van der Waals surface area contributed by atoms with E-state index in [2.05, 4.69) is 5.43 Å². The number of hydrogen-bond acceptors (Lipinski definition) is 3. The van der Waals surface area contributed by atoms with Crippen molar-refractivity contribution in [2.75, 3.05) is 5.43 Å². The smallest absolute Gasteiger partial charge is 0.333 e. The van der Waals surface area contributed by atoms with Crippen molar-refractivity contribution < 1.29 is 14.7 Å². The van der Waals surface area contributed by atoms with Crippen LogP contribution in [-0.2, 0) is 9.59 Å². The molecule has 1 aliphatic rings. The predicted octanol–water partition coefficient (Wildman–Crippen LogP) is 0.611. The van der Waals surface area contributed by atoms with E-state index in [0.29, 0.717) is 17.7 Å². The Kier molecular flexibility index (Phi) is 1.85. The molecule has 0 aromatic heterocycles. The highest BCUT2D eigenvalue weighted by Crippen LogP contribution is 2.33. The predicted molar refractivity (Wildman–Crippen MR) is 48.3 cm³/mol. The minimum Gasteiger partial charge on any atom is -0.479 e. The van der Waals surface area contributed by atoms with E-state index in [1.54, 1.807) is 24.3 Å². The van der Waals surface area contributed by atoms with E-state index in [-0.39, 0.29) is 0 Å². The maximum absolute atomic E-state index is 10.9. The Balaban J connectivity index is 2.47. The van der Waals surface area contributed by atoms with E-state index in [0.717, 1.165) is 5.01 Å². The van der Waals surface area contributed by atoms with Crippen molar-refractivity contribution >= 4 is 18.1 Å². The van der Waals surface area contributed by atoms with E-state index in [4.69, 9.17) is 5.11 Å². The van der Waals surface area contributed by atoms with Crippen molar-refractivity contribution in [3.63, 3.8) is 0 Å². The average molecular weight is 192 g/mol. The zero-order valence-electron chi connectivity index (χ0n) is 7.18. The van der Waals surface area contributed by atoms with Crippen LogP contribution in [0.15, 0.2) is 24.3 Å². The maximum Gasteiger partial charge on any atom is 0.333 e. The molecular weight excluding hydrogens is 184 g/mol. The largest absolute Gasteiger partial charge is 0.479 e. The van der Waals surface area contributed by atoms with Gasteiger partial charge in [0.1, 0.15) is 0 Å². The van der Waals surface area contributed by atoms with Crippen LogP contribution in [-0.4, -0.2) is 22.5 Å². The molecule has 1 heterocycles. The second-order valence-corrected chi connectivity index (χ2v) is 2.95. The van der Waals surface area contributed by atoms with Crippen LogP contribution in [0.2, 0.25) is 0 Å². The van der Waals surface area contributed by atoms with Crippen molar-refractivity contribution in [3.05, 3.63) is 29.8 Å². The third kappa shape index (κ3) is 1.10. The highest BCUT2D eigenvalue weighted by molar-refractivity contribution is 5.84. The Morgan fingerprint density at radius 2 is 2.21 bits per heavy atom. The van der Waals surface area contributed by atoms with Crippen LogP contribution in [0.25, 0.3) is 0 Å². The van der Waals surface area contributed by atoms with Gasteiger partial charge in [0.2, 0.25) is 6.41 Å². The molecule has 72 valence electrons. The monoisotopic (exact) mass is 192 g/mol. The fourth-order valence-corrected chi connectivity index (χ4v) is 1.53. The summed E-state index contributed by atoms with van der Waals surface area (Å²) in [4.78, 5) is 21.5. The Hall–Kier alpha value is -2.04. The van der Waals surface area contributed by atoms with Gasteiger partial charge in [0.05, 0.1) is 5.69 Å². The highest BCUT2D eigenvalue weighted by Gasteiger charge is 2.34. The molecule has 0 aliphatic carbocycles. The van der Waals surface area contributed by atoms with Gasteiger partial charge in [0.15, 0.2) is 6.04 Å². The first-order chi connectivity index (χ1) is 6.74. The molecule has 0 radical (unpaired) electrons. The van der Waals surface area contributed by atoms with Crippen LogP contribution in [0.5, 0.6) is 0 Å². The number of hydrazine groups is 1. The molecule has 0 bridgehead atoms. The van der Waals surface area contributed by atoms with Crippen molar-refractivity contribution in [1.82, 2.24) is 5.01 Å². The normalized spacial score (nSPS) is 18.6. The number of carbonyl (C=O) groups is 2. The van der Waals surface area contributed by atoms with Crippen molar-refractivity contribution in [2.45, 2.75) is 6.04 Å². The van der Waals surface area contributed by atoms with Gasteiger partial charge in [-0.3, -0.25) is 10.2 Å². The summed E-state index contributed by atoms with van der Waals surface area (Å²) >= 11 is 0. The molecule has 1 aromatic carbocycles. The zero-order chi connectivity index (χ0) is 10.1. The summed E-state index contributed by atoms with van der Waals surface area (Å²) in [7, 11) is 0. The van der Waals surface area contributed by atoms with E-state index in [9.17, 15) is 9.59 Å². The van der Waals surface area contributed by atoms with E-state index >= 15 is 0 Å². The third-order valence-electron chi connectivity index (χ3n) is 2.13. The van der Waals surface area contributed by atoms with Gasteiger partial charge in [-0.05, 0) is 6.07 Å². The standard InChI is InChI=1S/C9H8N2O3/c12-5-11-8(9(13)14)6-3-1-2-4-7(6)10-11/h1-5,8,10H,(H,13,14). The third-order valence-corrected chi connectivity index (χ3v) is 2.13. The molecule has 5 heteroatoms. The van der Waals surface area contributed by atoms with Crippen LogP contribution in [0.1, 0.15) is 11.6 Å². The minimum atomic E-state index is -1.05. The lowest BCUT2D eigenvalue weighted by Crippen LogP contribution is -2.31. The van der Waals surface area contributed by atoms with Gasteiger partial charge in [-0.2, -0.15) is 0 Å². The van der Waals surface area contributed by atoms with Crippen molar-refractivity contribution in [3.8, 4) is 0 Å². The second kappa shape index (κ2) is 3.02. The minimum absolute atomic E-state index is 0.471. The van der Waals surface area contributed by atoms with Gasteiger partial charge in [0.25, 0.3) is 0 Å². The van der Waals surface area contributed by atoms with Gasteiger partial charge >= 0.3 is 5.97 Å². The quantitative estimate of drug-likeness (QED) is 0.673. The molecule has 1 aromatic rings. The number of carboxylic acid groups (broad SMARTS) is 1. The topological polar surface area (TPSA) is 69.6 Å². The fourth-order valence-electron chi connectivity index (χ4n) is 1.53. The Morgan fingerprint density at radius 1 is 1.50 bits per heavy atom. The zero-order valence-corrected chi connectivity index (χ0v) is 7.18. The Morgan fingerprint density at radius 3 is 2.86 bits per heavy atom. The Bertz CT molecular complexity index is 391. The number of nitrogens with one attached hydrogen (secondary N) is 1. The highest BCUT2D eigenvalue weighted by atomic mass is 16.4. The van der Waals surface area contributed by atoms with Crippen molar-refractivity contribution in [1.29, 1.82) is 0 Å². The van der Waals surface area contributed by atoms with Crippen LogP contribution in [0.4, 0.5) is 5.69 Å². The SMILES string of the molecule is O=CN1Nc2ccccc2C1C(=O)O. The fraction of sp³-hybridized carbons (Fsp3) is 0.111. The second-order valence-electron chi connectivity index (χ2n) is 2.95. The van der Waals surface area contributed by atoms with E-state index in [1.807, 2.05) is 0 Å². The van der Waals surface area contributed by atoms with Gasteiger partial charge in [-0.25, -0.2) is 9.80 Å². The maximum atomic E-state index is 10.9. The molecule has 0 fully saturated rings. The van der Waals surface area contributed by atoms with Gasteiger partial charge in [-0.1, -0.05) is 18.2 Å². The summed E-state index contributed by atoms with van der Waals surface area (Å²) in [6.45, 7) is 0. The number of anilines is 1. The number of rotatable bonds is 2. The first kappa shape index (κ1) is 8.55. The summed E-state index contributed by atoms with van der Waals surface area (Å²) in [5, 5.41) is 9.96. The summed E-state index contributed by atoms with van der Waals surface area (Å²) in [5.74, 6) is -1.05. The molecule has 2 rings (SSSR count). The molecule has 1 atom stereocenters. The number of benzene rings is 1. The molecule has 2 N–H and O–H groups in total. The van der Waals surface area contributed by atoms with Gasteiger partial charge in [0, 0.05) is 5.56 Å². The number of nitrogens with zero attached hydrogens (tertiary/aromatic N) is 1. The van der Waals surface area contributed by atoms with Gasteiger partial charge in [-0.15, -0.1) is 0 Å². The number of carboxylic acids is 1. The first-order valence-corrected chi connectivity index (χ1v) is 4.06. The number of carbonyl (C=O) groups excluding carboxylic acids is 1. The molecule has 14 heavy (non-hydrogen) atoms. The number of fused-ring (bicyclic) bond motifs is 1. The molecule has 1 unspecified atom stereocenters. The molecule has 1 aliphatic heterocycles. The van der Waals surface area contributed by atoms with E-state index < -0.39 is 12.0 Å². The van der Waals surface area contributed by atoms with Crippen LogP contribution in [0, 0.1) is 0 Å². The van der Waals surface area contributed by atoms with Crippen LogP contribution < -0.4 is 5.43 Å². The average Bonchev–Trinajstić information content (AvgIpc) is 2.55. The van der Waals surface area contributed by atoms with Gasteiger partial charge < -0.3 is 5.11 Å². The summed E-state index contributed by atoms with van der Waals surface area (Å²) in [6.07, 6.45) is 0.471. The molecule has 0 saturated heterocycles. The lowest BCUT2D eigenvalue weighted by Gasteiger charge is -2.15. The first-order valence-electron chi connectivity index (χ1n) is 4.06. The molecule has 0 spiro atoms.